The normalized spacial score (nSPS) is 10.8. The van der Waals surface area contributed by atoms with Crippen LogP contribution in [-0.4, -0.2) is 27.4 Å². The molecule has 0 spiro atoms. The standard InChI is InChI=1S/C20H17N5O4S2/c21-25-18(27)16-14(12-5-2-1-3-6-12)10-30-17(16)24-20(25)31-11-15(26)23-19(28)22-9-13-7-4-8-29-13/h1-8,10H,9,11,21H2,(H2,22,23,26,28). The van der Waals surface area contributed by atoms with Gasteiger partial charge in [-0.3, -0.25) is 14.9 Å². The van der Waals surface area contributed by atoms with Crippen LogP contribution in [0, 0.1) is 0 Å². The van der Waals surface area contributed by atoms with E-state index in [1.54, 1.807) is 12.1 Å². The maximum absolute atomic E-state index is 12.8. The highest BCUT2D eigenvalue weighted by molar-refractivity contribution is 7.99. The first kappa shape index (κ1) is 20.7. The van der Waals surface area contributed by atoms with E-state index in [1.165, 1.54) is 17.6 Å². The fourth-order valence-electron chi connectivity index (χ4n) is 2.83. The van der Waals surface area contributed by atoms with Crippen LogP contribution in [0.3, 0.4) is 0 Å². The molecule has 0 bridgehead atoms. The maximum Gasteiger partial charge on any atom is 0.321 e. The van der Waals surface area contributed by atoms with Gasteiger partial charge in [0.2, 0.25) is 5.91 Å². The van der Waals surface area contributed by atoms with Crippen molar-refractivity contribution in [1.29, 1.82) is 0 Å². The third-order valence-corrected chi connectivity index (χ3v) is 6.11. The summed E-state index contributed by atoms with van der Waals surface area (Å²) in [5.74, 6) is 5.82. The largest absolute Gasteiger partial charge is 0.467 e. The Balaban J connectivity index is 1.43. The number of benzene rings is 1. The van der Waals surface area contributed by atoms with Crippen molar-refractivity contribution in [3.63, 3.8) is 0 Å². The zero-order valence-corrected chi connectivity index (χ0v) is 17.7. The molecule has 4 N–H and O–H groups in total. The van der Waals surface area contributed by atoms with E-state index in [2.05, 4.69) is 15.6 Å². The minimum absolute atomic E-state index is 0.139. The van der Waals surface area contributed by atoms with Gasteiger partial charge in [-0.1, -0.05) is 42.1 Å². The minimum atomic E-state index is -0.652. The number of nitrogens with one attached hydrogen (secondary N) is 2. The summed E-state index contributed by atoms with van der Waals surface area (Å²) in [6, 6.07) is 12.2. The fourth-order valence-corrected chi connectivity index (χ4v) is 4.54. The Kier molecular flexibility index (Phi) is 6.05. The summed E-state index contributed by atoms with van der Waals surface area (Å²) in [5, 5.41) is 7.19. The molecule has 31 heavy (non-hydrogen) atoms. The average molecular weight is 456 g/mol. The van der Waals surface area contributed by atoms with Gasteiger partial charge in [-0.2, -0.15) is 0 Å². The molecule has 0 fully saturated rings. The Labute approximate surface area is 184 Å². The predicted molar refractivity (Wildman–Crippen MR) is 119 cm³/mol. The van der Waals surface area contributed by atoms with E-state index in [-0.39, 0.29) is 17.5 Å². The van der Waals surface area contributed by atoms with Gasteiger partial charge in [-0.05, 0) is 17.7 Å². The molecule has 0 radical (unpaired) electrons. The first-order valence-corrected chi connectivity index (χ1v) is 11.0. The van der Waals surface area contributed by atoms with Gasteiger partial charge in [0.15, 0.2) is 5.16 Å². The number of fused-ring (bicyclic) bond motifs is 1. The van der Waals surface area contributed by atoms with E-state index in [1.807, 2.05) is 35.7 Å². The molecule has 9 nitrogen and oxygen atoms in total. The van der Waals surface area contributed by atoms with Crippen molar-refractivity contribution in [2.45, 2.75) is 11.7 Å². The number of hydrogen-bond acceptors (Lipinski definition) is 8. The number of carbonyl (C=O) groups excluding carboxylic acids is 2. The van der Waals surface area contributed by atoms with Crippen LogP contribution in [-0.2, 0) is 11.3 Å². The molecule has 0 unspecified atom stereocenters. The molecule has 158 valence electrons. The van der Waals surface area contributed by atoms with Gasteiger partial charge >= 0.3 is 6.03 Å². The van der Waals surface area contributed by atoms with Crippen LogP contribution in [0.1, 0.15) is 5.76 Å². The monoisotopic (exact) mass is 455 g/mol. The summed E-state index contributed by atoms with van der Waals surface area (Å²) in [5.41, 5.74) is 1.26. The van der Waals surface area contributed by atoms with Gasteiger partial charge in [0.1, 0.15) is 10.6 Å². The number of furan rings is 1. The van der Waals surface area contributed by atoms with E-state index in [4.69, 9.17) is 10.3 Å². The number of rotatable bonds is 6. The Hall–Kier alpha value is -3.57. The molecule has 0 saturated carbocycles. The van der Waals surface area contributed by atoms with Crippen molar-refractivity contribution in [1.82, 2.24) is 20.3 Å². The Morgan fingerprint density at radius 3 is 2.74 bits per heavy atom. The third-order valence-electron chi connectivity index (χ3n) is 4.28. The van der Waals surface area contributed by atoms with Gasteiger partial charge in [0.25, 0.3) is 5.56 Å². The lowest BCUT2D eigenvalue weighted by Gasteiger charge is -2.08. The van der Waals surface area contributed by atoms with Crippen LogP contribution >= 0.6 is 23.1 Å². The van der Waals surface area contributed by atoms with E-state index in [0.29, 0.717) is 16.0 Å². The number of imide groups is 1. The molecule has 4 aromatic rings. The number of hydrogen-bond donors (Lipinski definition) is 3. The molecule has 11 heteroatoms. The molecule has 1 aromatic carbocycles. The number of nitrogens with two attached hydrogens (primary N) is 1. The zero-order valence-electron chi connectivity index (χ0n) is 16.0. The van der Waals surface area contributed by atoms with Gasteiger partial charge in [0.05, 0.1) is 23.9 Å². The van der Waals surface area contributed by atoms with E-state index < -0.39 is 17.5 Å². The summed E-state index contributed by atoms with van der Waals surface area (Å²) in [7, 11) is 0. The number of nitrogen functional groups attached to an aromatic ring is 1. The highest BCUT2D eigenvalue weighted by Gasteiger charge is 2.17. The number of urea groups is 1. The van der Waals surface area contributed by atoms with Crippen LogP contribution in [0.15, 0.2) is 68.5 Å². The summed E-state index contributed by atoms with van der Waals surface area (Å²) in [6.07, 6.45) is 1.49. The molecule has 0 saturated heterocycles. The molecule has 3 heterocycles. The first-order chi connectivity index (χ1) is 15.0. The molecule has 0 aliphatic carbocycles. The molecular weight excluding hydrogens is 438 g/mol. The van der Waals surface area contributed by atoms with E-state index in [0.717, 1.165) is 27.6 Å². The average Bonchev–Trinajstić information content (AvgIpc) is 3.44. The van der Waals surface area contributed by atoms with Crippen molar-refractivity contribution < 1.29 is 14.0 Å². The summed E-state index contributed by atoms with van der Waals surface area (Å²) < 4.78 is 6.03. The first-order valence-electron chi connectivity index (χ1n) is 9.10. The van der Waals surface area contributed by atoms with Crippen LogP contribution in [0.5, 0.6) is 0 Å². The van der Waals surface area contributed by atoms with Crippen LogP contribution < -0.4 is 22.0 Å². The SMILES string of the molecule is Nn1c(SCC(=O)NC(=O)NCc2ccco2)nc2scc(-c3ccccc3)c2c1=O. The van der Waals surface area contributed by atoms with Crippen molar-refractivity contribution in [2.24, 2.45) is 0 Å². The number of amides is 3. The topological polar surface area (TPSA) is 132 Å². The van der Waals surface area contributed by atoms with Crippen LogP contribution in [0.2, 0.25) is 0 Å². The van der Waals surface area contributed by atoms with Crippen molar-refractivity contribution >= 4 is 45.3 Å². The smallest absolute Gasteiger partial charge is 0.321 e. The highest BCUT2D eigenvalue weighted by Crippen LogP contribution is 2.31. The van der Waals surface area contributed by atoms with Crippen LogP contribution in [0.4, 0.5) is 4.79 Å². The Morgan fingerprint density at radius 1 is 1.19 bits per heavy atom. The lowest BCUT2D eigenvalue weighted by atomic mass is 10.1. The molecular formula is C20H17N5O4S2. The van der Waals surface area contributed by atoms with E-state index in [9.17, 15) is 14.4 Å². The second kappa shape index (κ2) is 9.06. The molecule has 4 rings (SSSR count). The fraction of sp³-hybridized carbons (Fsp3) is 0.100. The second-order valence-corrected chi connectivity index (χ2v) is 8.16. The molecule has 0 aliphatic rings. The zero-order chi connectivity index (χ0) is 21.8. The van der Waals surface area contributed by atoms with E-state index >= 15 is 0 Å². The van der Waals surface area contributed by atoms with Gasteiger partial charge < -0.3 is 15.6 Å². The third kappa shape index (κ3) is 4.62. The molecule has 3 aromatic heterocycles. The Morgan fingerprint density at radius 2 is 2.00 bits per heavy atom. The summed E-state index contributed by atoms with van der Waals surface area (Å²) >= 11 is 2.30. The highest BCUT2D eigenvalue weighted by atomic mass is 32.2. The summed E-state index contributed by atoms with van der Waals surface area (Å²) in [4.78, 5) is 41.7. The van der Waals surface area contributed by atoms with Crippen molar-refractivity contribution in [3.05, 3.63) is 70.2 Å². The predicted octanol–water partition coefficient (Wildman–Crippen LogP) is 2.55. The van der Waals surface area contributed by atoms with Gasteiger partial charge in [-0.15, -0.1) is 11.3 Å². The lowest BCUT2D eigenvalue weighted by molar-refractivity contribution is -0.117. The molecule has 0 aliphatic heterocycles. The molecule has 0 atom stereocenters. The number of carbonyl (C=O) groups is 2. The second-order valence-electron chi connectivity index (χ2n) is 6.36. The van der Waals surface area contributed by atoms with Crippen molar-refractivity contribution in [2.75, 3.05) is 11.6 Å². The quantitative estimate of drug-likeness (QED) is 0.231. The number of thiophene rings is 1. The van der Waals surface area contributed by atoms with Crippen LogP contribution in [0.25, 0.3) is 21.3 Å². The summed E-state index contributed by atoms with van der Waals surface area (Å²) in [6.45, 7) is 0.155. The number of aromatic nitrogens is 2. The van der Waals surface area contributed by atoms with Gasteiger partial charge in [0, 0.05) is 10.9 Å². The number of nitrogens with zero attached hydrogens (tertiary/aromatic N) is 2. The molecule has 3 amide bonds. The van der Waals surface area contributed by atoms with Gasteiger partial charge in [-0.25, -0.2) is 14.5 Å². The minimum Gasteiger partial charge on any atom is -0.467 e. The van der Waals surface area contributed by atoms with Crippen molar-refractivity contribution in [3.8, 4) is 11.1 Å². The lowest BCUT2D eigenvalue weighted by Crippen LogP contribution is -2.40. The maximum atomic E-state index is 12.8. The number of thioether (sulfide) groups is 1. The Bertz CT molecular complexity index is 1280.